The van der Waals surface area contributed by atoms with Crippen LogP contribution < -0.4 is 10.5 Å². The molecular formula is C9H10BrN3O3. The summed E-state index contributed by atoms with van der Waals surface area (Å²) in [6.45, 7) is 0.225. The SMILES string of the molecule is N=C(N)CCOc1cc(Br)cc([N+](=O)[O-])c1. The standard InChI is InChI=1S/C9H10BrN3O3/c10-6-3-7(13(14)15)5-8(4-6)16-2-1-9(11)12/h3-5H,1-2H2,(H3,11,12). The van der Waals surface area contributed by atoms with Crippen LogP contribution in [-0.4, -0.2) is 17.4 Å². The first-order valence-electron chi connectivity index (χ1n) is 4.39. The Morgan fingerprint density at radius 2 is 2.25 bits per heavy atom. The van der Waals surface area contributed by atoms with Crippen LogP contribution in [0.3, 0.4) is 0 Å². The Morgan fingerprint density at radius 3 is 2.81 bits per heavy atom. The van der Waals surface area contributed by atoms with Gasteiger partial charge in [-0.25, -0.2) is 0 Å². The number of benzene rings is 1. The number of nitrogens with one attached hydrogen (secondary N) is 1. The van der Waals surface area contributed by atoms with Crippen molar-refractivity contribution in [3.63, 3.8) is 0 Å². The summed E-state index contributed by atoms with van der Waals surface area (Å²) < 4.78 is 5.80. The average molecular weight is 288 g/mol. The van der Waals surface area contributed by atoms with Gasteiger partial charge in [0.05, 0.1) is 23.4 Å². The Bertz CT molecular complexity index is 422. The number of nitrogens with zero attached hydrogens (tertiary/aromatic N) is 1. The minimum atomic E-state index is -0.497. The molecule has 0 aliphatic rings. The summed E-state index contributed by atoms with van der Waals surface area (Å²) in [5.74, 6) is 0.395. The number of non-ortho nitro benzene ring substituents is 1. The van der Waals surface area contributed by atoms with Crippen LogP contribution in [0, 0.1) is 15.5 Å². The van der Waals surface area contributed by atoms with Gasteiger partial charge in [-0.05, 0) is 6.07 Å². The lowest BCUT2D eigenvalue weighted by atomic mass is 10.3. The zero-order chi connectivity index (χ0) is 12.1. The molecule has 0 bridgehead atoms. The Morgan fingerprint density at radius 1 is 1.56 bits per heavy atom. The monoisotopic (exact) mass is 287 g/mol. The van der Waals surface area contributed by atoms with Crippen LogP contribution in [0.2, 0.25) is 0 Å². The van der Waals surface area contributed by atoms with Crippen molar-refractivity contribution in [2.24, 2.45) is 5.73 Å². The van der Waals surface area contributed by atoms with Gasteiger partial charge in [0.25, 0.3) is 5.69 Å². The molecule has 6 nitrogen and oxygen atoms in total. The highest BCUT2D eigenvalue weighted by Gasteiger charge is 2.09. The van der Waals surface area contributed by atoms with Crippen molar-refractivity contribution in [3.05, 3.63) is 32.8 Å². The molecule has 0 unspecified atom stereocenters. The topological polar surface area (TPSA) is 102 Å². The zero-order valence-corrected chi connectivity index (χ0v) is 9.86. The van der Waals surface area contributed by atoms with E-state index < -0.39 is 4.92 Å². The molecule has 1 aromatic rings. The molecule has 1 rings (SSSR count). The van der Waals surface area contributed by atoms with Gasteiger partial charge in [-0.15, -0.1) is 0 Å². The van der Waals surface area contributed by atoms with Crippen LogP contribution in [0.25, 0.3) is 0 Å². The van der Waals surface area contributed by atoms with Gasteiger partial charge in [-0.3, -0.25) is 15.5 Å². The molecule has 16 heavy (non-hydrogen) atoms. The highest BCUT2D eigenvalue weighted by Crippen LogP contribution is 2.26. The molecule has 0 aliphatic heterocycles. The first-order valence-corrected chi connectivity index (χ1v) is 5.19. The number of amidine groups is 1. The number of hydrogen-bond acceptors (Lipinski definition) is 4. The van der Waals surface area contributed by atoms with Crippen LogP contribution in [0.5, 0.6) is 5.75 Å². The van der Waals surface area contributed by atoms with Crippen molar-refractivity contribution in [2.75, 3.05) is 6.61 Å². The Hall–Kier alpha value is -1.63. The molecule has 0 aromatic heterocycles. The summed E-state index contributed by atoms with van der Waals surface area (Å²) in [6.07, 6.45) is 0.292. The summed E-state index contributed by atoms with van der Waals surface area (Å²) >= 11 is 3.15. The van der Waals surface area contributed by atoms with Gasteiger partial charge < -0.3 is 10.5 Å². The Labute approximate surface area is 100 Å². The van der Waals surface area contributed by atoms with Crippen molar-refractivity contribution in [2.45, 2.75) is 6.42 Å². The van der Waals surface area contributed by atoms with Crippen LogP contribution in [0.1, 0.15) is 6.42 Å². The fourth-order valence-corrected chi connectivity index (χ4v) is 1.48. The lowest BCUT2D eigenvalue weighted by Gasteiger charge is -2.05. The molecule has 0 aliphatic carbocycles. The van der Waals surface area contributed by atoms with Crippen molar-refractivity contribution in [1.29, 1.82) is 5.41 Å². The third-order valence-corrected chi connectivity index (χ3v) is 2.16. The minimum Gasteiger partial charge on any atom is -0.493 e. The van der Waals surface area contributed by atoms with Gasteiger partial charge in [-0.2, -0.15) is 0 Å². The number of nitrogens with two attached hydrogens (primary N) is 1. The van der Waals surface area contributed by atoms with Gasteiger partial charge in [0.1, 0.15) is 5.75 Å². The summed E-state index contributed by atoms with van der Waals surface area (Å²) in [5.41, 5.74) is 5.10. The quantitative estimate of drug-likeness (QED) is 0.374. The number of rotatable bonds is 5. The number of nitro groups is 1. The minimum absolute atomic E-state index is 0.0181. The molecule has 86 valence electrons. The molecule has 0 atom stereocenters. The van der Waals surface area contributed by atoms with E-state index in [0.29, 0.717) is 16.6 Å². The molecular weight excluding hydrogens is 278 g/mol. The molecule has 0 saturated carbocycles. The predicted molar refractivity (Wildman–Crippen MR) is 62.8 cm³/mol. The second-order valence-electron chi connectivity index (χ2n) is 3.03. The van der Waals surface area contributed by atoms with Crippen molar-refractivity contribution in [3.8, 4) is 5.75 Å². The Balaban J connectivity index is 2.72. The van der Waals surface area contributed by atoms with E-state index in [4.69, 9.17) is 15.9 Å². The summed E-state index contributed by atoms with van der Waals surface area (Å²) in [6, 6.07) is 4.33. The third-order valence-electron chi connectivity index (χ3n) is 1.71. The van der Waals surface area contributed by atoms with E-state index >= 15 is 0 Å². The fourth-order valence-electron chi connectivity index (χ4n) is 1.02. The highest BCUT2D eigenvalue weighted by molar-refractivity contribution is 9.10. The predicted octanol–water partition coefficient (Wildman–Crippen LogP) is 2.06. The smallest absolute Gasteiger partial charge is 0.274 e. The molecule has 0 heterocycles. The molecule has 7 heteroatoms. The fraction of sp³-hybridized carbons (Fsp3) is 0.222. The maximum atomic E-state index is 10.6. The second kappa shape index (κ2) is 5.45. The number of ether oxygens (including phenoxy) is 1. The van der Waals surface area contributed by atoms with Gasteiger partial charge in [0.2, 0.25) is 0 Å². The van der Waals surface area contributed by atoms with Crippen molar-refractivity contribution in [1.82, 2.24) is 0 Å². The van der Waals surface area contributed by atoms with E-state index in [1.807, 2.05) is 0 Å². The van der Waals surface area contributed by atoms with Gasteiger partial charge in [-0.1, -0.05) is 15.9 Å². The maximum absolute atomic E-state index is 10.6. The molecule has 0 radical (unpaired) electrons. The van der Waals surface area contributed by atoms with E-state index in [0.717, 1.165) is 0 Å². The normalized spacial score (nSPS) is 9.81. The van der Waals surface area contributed by atoms with Crippen LogP contribution >= 0.6 is 15.9 Å². The molecule has 3 N–H and O–H groups in total. The zero-order valence-electron chi connectivity index (χ0n) is 8.27. The largest absolute Gasteiger partial charge is 0.493 e. The van der Waals surface area contributed by atoms with E-state index in [9.17, 15) is 10.1 Å². The summed E-state index contributed by atoms with van der Waals surface area (Å²) in [7, 11) is 0. The lowest BCUT2D eigenvalue weighted by Crippen LogP contribution is -2.13. The lowest BCUT2D eigenvalue weighted by molar-refractivity contribution is -0.385. The van der Waals surface area contributed by atoms with Gasteiger partial charge in [0.15, 0.2) is 0 Å². The van der Waals surface area contributed by atoms with Crippen LogP contribution in [0.4, 0.5) is 5.69 Å². The number of hydrogen-bond donors (Lipinski definition) is 2. The van der Waals surface area contributed by atoms with E-state index in [1.165, 1.54) is 12.1 Å². The van der Waals surface area contributed by atoms with E-state index in [2.05, 4.69) is 15.9 Å². The highest BCUT2D eigenvalue weighted by atomic mass is 79.9. The first kappa shape index (κ1) is 12.4. The van der Waals surface area contributed by atoms with Crippen LogP contribution in [-0.2, 0) is 0 Å². The average Bonchev–Trinajstić information content (AvgIpc) is 2.16. The molecule has 0 fully saturated rings. The van der Waals surface area contributed by atoms with E-state index in [1.54, 1.807) is 6.07 Å². The third kappa shape index (κ3) is 3.85. The first-order chi connectivity index (χ1) is 7.49. The summed E-state index contributed by atoms with van der Waals surface area (Å²) in [4.78, 5) is 10.1. The van der Waals surface area contributed by atoms with Gasteiger partial charge in [0, 0.05) is 17.0 Å². The van der Waals surface area contributed by atoms with Crippen LogP contribution in [0.15, 0.2) is 22.7 Å². The van der Waals surface area contributed by atoms with E-state index in [-0.39, 0.29) is 18.1 Å². The maximum Gasteiger partial charge on any atom is 0.274 e. The van der Waals surface area contributed by atoms with Gasteiger partial charge >= 0.3 is 0 Å². The second-order valence-corrected chi connectivity index (χ2v) is 3.94. The molecule has 0 spiro atoms. The Kier molecular flexibility index (Phi) is 4.24. The number of halogens is 1. The molecule has 0 amide bonds. The number of nitro benzene ring substituents is 1. The molecule has 0 saturated heterocycles. The van der Waals surface area contributed by atoms with Crippen molar-refractivity contribution >= 4 is 27.5 Å². The summed E-state index contributed by atoms with van der Waals surface area (Å²) in [5, 5.41) is 17.6. The van der Waals surface area contributed by atoms with Crippen molar-refractivity contribution < 1.29 is 9.66 Å². The molecule has 1 aromatic carbocycles.